The first kappa shape index (κ1) is 33.5. The van der Waals surface area contributed by atoms with Gasteiger partial charge in [-0.3, -0.25) is 0 Å². The Hall–Kier alpha value is -2.43. The molecule has 0 radical (unpaired) electrons. The number of hydrogen-bond acceptors (Lipinski definition) is 6. The number of halogens is 2. The van der Waals surface area contributed by atoms with Gasteiger partial charge in [-0.05, 0) is 67.2 Å². The fourth-order valence-electron chi connectivity index (χ4n) is 6.46. The zero-order chi connectivity index (χ0) is 31.9. The Morgan fingerprint density at radius 3 is 2.21 bits per heavy atom. The van der Waals surface area contributed by atoms with Gasteiger partial charge in [0.05, 0.1) is 11.4 Å². The first-order valence-electron chi connectivity index (χ1n) is 14.6. The number of nitrogens with zero attached hydrogens (tertiary/aromatic N) is 4. The second-order valence-corrected chi connectivity index (χ2v) is 20.5. The Morgan fingerprint density at radius 2 is 1.65 bits per heavy atom. The second kappa shape index (κ2) is 12.9. The van der Waals surface area contributed by atoms with Crippen LogP contribution < -0.4 is 4.90 Å². The predicted molar refractivity (Wildman–Crippen MR) is 181 cm³/mol. The van der Waals surface area contributed by atoms with Gasteiger partial charge in [0.2, 0.25) is 0 Å². The van der Waals surface area contributed by atoms with E-state index in [9.17, 15) is 9.90 Å². The zero-order valence-electron chi connectivity index (χ0n) is 26.4. The quantitative estimate of drug-likeness (QED) is 0.181. The Bertz CT molecular complexity index is 1560. The molecule has 0 saturated heterocycles. The lowest BCUT2D eigenvalue weighted by Gasteiger charge is -2.44. The van der Waals surface area contributed by atoms with Crippen LogP contribution in [0.5, 0.6) is 0 Å². The molecule has 7 nitrogen and oxygen atoms in total. The number of thiazole rings is 1. The number of ether oxygens (including phenoxy) is 1. The van der Waals surface area contributed by atoms with Gasteiger partial charge in [0, 0.05) is 28.4 Å². The van der Waals surface area contributed by atoms with Gasteiger partial charge in [-0.2, -0.15) is 0 Å². The third-order valence-electron chi connectivity index (χ3n) is 8.03. The van der Waals surface area contributed by atoms with Gasteiger partial charge in [-0.1, -0.05) is 88.2 Å². The lowest BCUT2D eigenvalue weighted by molar-refractivity contribution is 0.0577. The fourth-order valence-corrected chi connectivity index (χ4v) is 14.5. The summed E-state index contributed by atoms with van der Waals surface area (Å²) in [5.41, 5.74) is 3.03. The maximum absolute atomic E-state index is 13.4. The number of amides is 1. The summed E-state index contributed by atoms with van der Waals surface area (Å²) in [6.07, 6.45) is 2.27. The molecule has 0 spiro atoms. The average molecular weight is 662 g/mol. The van der Waals surface area contributed by atoms with Crippen LogP contribution in [0.25, 0.3) is 11.0 Å². The normalized spacial score (nSPS) is 13.4. The molecule has 1 atom stereocenters. The van der Waals surface area contributed by atoms with Crippen molar-refractivity contribution in [3.05, 3.63) is 75.0 Å². The Balaban J connectivity index is 1.82. The average Bonchev–Trinajstić information content (AvgIpc) is 3.48. The number of hydrogen-bond donors (Lipinski definition) is 1. The summed E-state index contributed by atoms with van der Waals surface area (Å²) in [5.74, 6) is 0. The molecule has 1 N–H and O–H groups in total. The van der Waals surface area contributed by atoms with Crippen molar-refractivity contribution >= 4 is 65.0 Å². The summed E-state index contributed by atoms with van der Waals surface area (Å²) in [4.78, 5) is 24.7. The molecule has 4 rings (SSSR count). The van der Waals surface area contributed by atoms with Crippen LogP contribution in [-0.2, 0) is 11.3 Å². The van der Waals surface area contributed by atoms with Crippen molar-refractivity contribution in [1.82, 2.24) is 14.2 Å². The van der Waals surface area contributed by atoms with Crippen LogP contribution >= 0.6 is 34.5 Å². The van der Waals surface area contributed by atoms with E-state index in [1.165, 1.54) is 16.2 Å². The SMILES string of the molecule is CC(C)[Si](C(C)C)(C(C)C)n1cc(C(O)c2sc(N(Cc3ccc(Cl)cc3)C(=O)OC(C)(C)C)nc2Cl)c2cccnc21. The summed E-state index contributed by atoms with van der Waals surface area (Å²) in [6.45, 7) is 19.4. The van der Waals surface area contributed by atoms with Crippen molar-refractivity contribution in [3.8, 4) is 0 Å². The summed E-state index contributed by atoms with van der Waals surface area (Å²) in [7, 11) is -2.19. The lowest BCUT2D eigenvalue weighted by atomic mass is 10.1. The van der Waals surface area contributed by atoms with Crippen molar-refractivity contribution in [3.63, 3.8) is 0 Å². The number of anilines is 1. The van der Waals surface area contributed by atoms with E-state index < -0.39 is 26.0 Å². The molecule has 0 saturated carbocycles. The summed E-state index contributed by atoms with van der Waals surface area (Å²) < 4.78 is 8.12. The van der Waals surface area contributed by atoms with E-state index in [4.69, 9.17) is 32.9 Å². The number of aromatic nitrogens is 3. The Morgan fingerprint density at radius 1 is 1.05 bits per heavy atom. The summed E-state index contributed by atoms with van der Waals surface area (Å²) in [5, 5.41) is 13.9. The number of carbonyl (C=O) groups is 1. The van der Waals surface area contributed by atoms with E-state index >= 15 is 0 Å². The van der Waals surface area contributed by atoms with E-state index in [1.54, 1.807) is 12.1 Å². The van der Waals surface area contributed by atoms with Crippen LogP contribution in [0.15, 0.2) is 48.8 Å². The highest BCUT2D eigenvalue weighted by Crippen LogP contribution is 2.46. The Kier molecular flexibility index (Phi) is 10.0. The number of carbonyl (C=O) groups excluding carboxylic acids is 1. The maximum Gasteiger partial charge on any atom is 0.416 e. The van der Waals surface area contributed by atoms with E-state index in [0.717, 1.165) is 22.2 Å². The molecule has 0 fully saturated rings. The van der Waals surface area contributed by atoms with Crippen LogP contribution in [-0.4, -0.2) is 39.2 Å². The molecule has 43 heavy (non-hydrogen) atoms. The van der Waals surface area contributed by atoms with Gasteiger partial charge in [0.15, 0.2) is 13.4 Å². The van der Waals surface area contributed by atoms with E-state index in [2.05, 4.69) is 57.0 Å². The molecule has 4 aromatic rings. The van der Waals surface area contributed by atoms with E-state index in [1.807, 2.05) is 51.2 Å². The molecular weight excluding hydrogens is 619 g/mol. The van der Waals surface area contributed by atoms with Crippen molar-refractivity contribution in [1.29, 1.82) is 0 Å². The molecule has 0 aliphatic rings. The standard InChI is InChI=1S/C32H42Cl2N4O3SSi/c1-19(2)43(20(3)4,21(5)6)38-18-25(24-11-10-16-35-29(24)38)26(39)27-28(34)36-30(42-27)37(31(40)41-32(7,8)9)17-22-12-14-23(33)15-13-22/h10-16,18-21,26,39H,17H2,1-9H3. The highest BCUT2D eigenvalue weighted by atomic mass is 35.5. The Labute approximate surface area is 269 Å². The fraction of sp³-hybridized carbons (Fsp3) is 0.469. The largest absolute Gasteiger partial charge is 0.443 e. The van der Waals surface area contributed by atoms with Gasteiger partial charge in [-0.15, -0.1) is 0 Å². The van der Waals surface area contributed by atoms with Crippen LogP contribution in [0.2, 0.25) is 26.8 Å². The number of pyridine rings is 1. The molecule has 11 heteroatoms. The third-order valence-corrected chi connectivity index (χ3v) is 16.5. The van der Waals surface area contributed by atoms with Crippen molar-refractivity contribution < 1.29 is 14.6 Å². The van der Waals surface area contributed by atoms with E-state index in [0.29, 0.717) is 31.7 Å². The maximum atomic E-state index is 13.4. The first-order chi connectivity index (χ1) is 20.1. The van der Waals surface area contributed by atoms with Crippen LogP contribution in [0.1, 0.15) is 84.4 Å². The van der Waals surface area contributed by atoms with Crippen LogP contribution in [0.4, 0.5) is 9.93 Å². The molecule has 0 aliphatic heterocycles. The summed E-state index contributed by atoms with van der Waals surface area (Å²) >= 11 is 14.0. The zero-order valence-corrected chi connectivity index (χ0v) is 29.7. The molecule has 3 heterocycles. The molecule has 232 valence electrons. The van der Waals surface area contributed by atoms with E-state index in [-0.39, 0.29) is 11.7 Å². The highest BCUT2D eigenvalue weighted by Gasteiger charge is 2.46. The van der Waals surface area contributed by atoms with Gasteiger partial charge < -0.3 is 14.1 Å². The molecule has 0 bridgehead atoms. The number of benzene rings is 1. The van der Waals surface area contributed by atoms with Gasteiger partial charge in [-0.25, -0.2) is 19.7 Å². The number of aliphatic hydroxyl groups is 1. The lowest BCUT2D eigenvalue weighted by Crippen LogP contribution is -2.51. The number of fused-ring (bicyclic) bond motifs is 1. The minimum absolute atomic E-state index is 0.141. The van der Waals surface area contributed by atoms with Crippen molar-refractivity contribution in [2.75, 3.05) is 4.90 Å². The third kappa shape index (κ3) is 6.66. The van der Waals surface area contributed by atoms with Gasteiger partial charge in [0.1, 0.15) is 22.5 Å². The topological polar surface area (TPSA) is 80.5 Å². The minimum atomic E-state index is -2.19. The molecular formula is C32H42Cl2N4O3SSi. The minimum Gasteiger partial charge on any atom is -0.443 e. The highest BCUT2D eigenvalue weighted by molar-refractivity contribution is 7.16. The van der Waals surface area contributed by atoms with Gasteiger partial charge in [0.25, 0.3) is 0 Å². The van der Waals surface area contributed by atoms with Crippen LogP contribution in [0.3, 0.4) is 0 Å². The van der Waals surface area contributed by atoms with Gasteiger partial charge >= 0.3 is 6.09 Å². The van der Waals surface area contributed by atoms with Crippen molar-refractivity contribution in [2.24, 2.45) is 0 Å². The smallest absolute Gasteiger partial charge is 0.416 e. The number of aliphatic hydroxyl groups excluding tert-OH is 1. The monoisotopic (exact) mass is 660 g/mol. The predicted octanol–water partition coefficient (Wildman–Crippen LogP) is 9.85. The molecule has 1 aromatic carbocycles. The van der Waals surface area contributed by atoms with Crippen molar-refractivity contribution in [2.45, 2.75) is 97.2 Å². The molecule has 3 aromatic heterocycles. The summed E-state index contributed by atoms with van der Waals surface area (Å²) in [6, 6.07) is 11.1. The molecule has 0 aliphatic carbocycles. The molecule has 1 unspecified atom stereocenters. The first-order valence-corrected chi connectivity index (χ1v) is 18.4. The number of rotatable bonds is 9. The molecule has 1 amide bonds. The van der Waals surface area contributed by atoms with Crippen LogP contribution in [0, 0.1) is 0 Å². The second-order valence-electron chi connectivity index (χ2n) is 12.9.